The first-order valence-corrected chi connectivity index (χ1v) is 7.13. The molecular weight excluding hydrogens is 248 g/mol. The first-order valence-electron chi connectivity index (χ1n) is 5.90. The highest BCUT2D eigenvalue weighted by molar-refractivity contribution is 7.98. The molecule has 0 fully saturated rings. The summed E-state index contributed by atoms with van der Waals surface area (Å²) in [5.41, 5.74) is 0.871. The number of hydrogen-bond donors (Lipinski definition) is 1. The first-order chi connectivity index (χ1) is 8.74. The number of hydrogen-bond acceptors (Lipinski definition) is 5. The lowest BCUT2D eigenvalue weighted by molar-refractivity contribution is 0.153. The van der Waals surface area contributed by atoms with Gasteiger partial charge in [0.2, 0.25) is 5.82 Å². The minimum absolute atomic E-state index is 0.362. The summed E-state index contributed by atoms with van der Waals surface area (Å²) >= 11 is 1.68. The summed E-state index contributed by atoms with van der Waals surface area (Å²) in [5, 5.41) is 13.6. The number of nitrogens with zero attached hydrogens (tertiary/aromatic N) is 2. The van der Waals surface area contributed by atoms with Gasteiger partial charge in [0.15, 0.2) is 0 Å². The van der Waals surface area contributed by atoms with Gasteiger partial charge in [0, 0.05) is 10.5 Å². The maximum Gasteiger partial charge on any atom is 0.258 e. The summed E-state index contributed by atoms with van der Waals surface area (Å²) in [4.78, 5) is 5.40. The van der Waals surface area contributed by atoms with Gasteiger partial charge in [0.25, 0.3) is 5.89 Å². The van der Waals surface area contributed by atoms with Gasteiger partial charge in [0.05, 0.1) is 0 Å². The van der Waals surface area contributed by atoms with Gasteiger partial charge in [-0.15, -0.1) is 11.8 Å². The largest absolute Gasteiger partial charge is 0.385 e. The normalized spacial score (nSPS) is 12.6. The smallest absolute Gasteiger partial charge is 0.258 e. The summed E-state index contributed by atoms with van der Waals surface area (Å²) in [6.45, 7) is 2.01. The van der Waals surface area contributed by atoms with Crippen LogP contribution in [-0.4, -0.2) is 21.5 Å². The topological polar surface area (TPSA) is 59.2 Å². The molecular formula is C13H16N2O2S. The van der Waals surface area contributed by atoms with E-state index in [1.807, 2.05) is 37.4 Å². The van der Waals surface area contributed by atoms with E-state index in [0.29, 0.717) is 18.1 Å². The molecule has 0 amide bonds. The third-order valence-corrected chi connectivity index (χ3v) is 3.38. The maximum absolute atomic E-state index is 9.77. The van der Waals surface area contributed by atoms with Crippen molar-refractivity contribution in [2.24, 2.45) is 0 Å². The van der Waals surface area contributed by atoms with Crippen molar-refractivity contribution >= 4 is 11.8 Å². The van der Waals surface area contributed by atoms with Crippen LogP contribution in [0, 0.1) is 0 Å². The number of benzene rings is 1. The molecule has 0 aliphatic rings. The molecule has 1 aromatic heterocycles. The van der Waals surface area contributed by atoms with Crippen LogP contribution < -0.4 is 0 Å². The number of aliphatic hydroxyl groups excluding tert-OH is 1. The van der Waals surface area contributed by atoms with Gasteiger partial charge in [-0.05, 0) is 36.9 Å². The predicted octanol–water partition coefficient (Wildman–Crippen LogP) is 3.29. The van der Waals surface area contributed by atoms with Gasteiger partial charge in [-0.25, -0.2) is 0 Å². The number of aromatic nitrogens is 2. The third kappa shape index (κ3) is 2.91. The molecule has 1 aromatic carbocycles. The fourth-order valence-corrected chi connectivity index (χ4v) is 2.03. The van der Waals surface area contributed by atoms with Gasteiger partial charge >= 0.3 is 0 Å². The Morgan fingerprint density at radius 2 is 2.06 bits per heavy atom. The van der Waals surface area contributed by atoms with E-state index < -0.39 is 6.10 Å². The van der Waals surface area contributed by atoms with E-state index in [0.717, 1.165) is 12.0 Å². The Hall–Kier alpha value is -1.33. The molecule has 5 heteroatoms. The van der Waals surface area contributed by atoms with Crippen molar-refractivity contribution in [2.45, 2.75) is 30.8 Å². The third-order valence-electron chi connectivity index (χ3n) is 2.64. The molecule has 0 bridgehead atoms. The Labute approximate surface area is 110 Å². The van der Waals surface area contributed by atoms with E-state index in [4.69, 9.17) is 4.52 Å². The van der Waals surface area contributed by atoms with Crippen LogP contribution in [0.5, 0.6) is 0 Å². The molecule has 18 heavy (non-hydrogen) atoms. The maximum atomic E-state index is 9.77. The van der Waals surface area contributed by atoms with Crippen LogP contribution in [0.3, 0.4) is 0 Å². The molecule has 96 valence electrons. The molecule has 0 aliphatic carbocycles. The van der Waals surface area contributed by atoms with Crippen molar-refractivity contribution in [3.63, 3.8) is 0 Å². The zero-order valence-corrected chi connectivity index (χ0v) is 11.3. The minimum atomic E-state index is -0.641. The molecule has 0 aliphatic heterocycles. The van der Waals surface area contributed by atoms with E-state index in [2.05, 4.69) is 10.1 Å². The molecule has 0 saturated carbocycles. The number of rotatable bonds is 5. The zero-order chi connectivity index (χ0) is 13.0. The Kier molecular flexibility index (Phi) is 4.38. The summed E-state index contributed by atoms with van der Waals surface area (Å²) in [6, 6.07) is 7.89. The molecule has 0 spiro atoms. The quantitative estimate of drug-likeness (QED) is 0.840. The highest BCUT2D eigenvalue weighted by atomic mass is 32.2. The van der Waals surface area contributed by atoms with Crippen LogP contribution in [0.4, 0.5) is 0 Å². The zero-order valence-electron chi connectivity index (χ0n) is 10.5. The molecule has 2 aromatic rings. The highest BCUT2D eigenvalue weighted by Gasteiger charge is 2.15. The predicted molar refractivity (Wildman–Crippen MR) is 71.4 cm³/mol. The summed E-state index contributed by atoms with van der Waals surface area (Å²) < 4.78 is 5.16. The van der Waals surface area contributed by atoms with Crippen LogP contribution >= 0.6 is 11.8 Å². The lowest BCUT2D eigenvalue weighted by Crippen LogP contribution is -1.98. The molecule has 4 nitrogen and oxygen atoms in total. The molecule has 1 unspecified atom stereocenters. The van der Waals surface area contributed by atoms with Gasteiger partial charge in [-0.1, -0.05) is 18.5 Å². The standard InChI is InChI=1S/C13H16N2O2S/c1-3-4-11(16)12-14-13(17-15-12)9-5-7-10(18-2)8-6-9/h5-8,11,16H,3-4H2,1-2H3. The molecule has 1 heterocycles. The second-order valence-corrected chi connectivity index (χ2v) is 4.87. The molecule has 1 atom stereocenters. The lowest BCUT2D eigenvalue weighted by atomic mass is 10.2. The summed E-state index contributed by atoms with van der Waals surface area (Å²) in [6.07, 6.45) is 2.91. The minimum Gasteiger partial charge on any atom is -0.385 e. The van der Waals surface area contributed by atoms with Crippen LogP contribution in [0.15, 0.2) is 33.7 Å². The average Bonchev–Trinajstić information content (AvgIpc) is 2.89. The lowest BCUT2D eigenvalue weighted by Gasteiger charge is -2.01. The second kappa shape index (κ2) is 6.02. The van der Waals surface area contributed by atoms with E-state index in [1.165, 1.54) is 4.90 Å². The van der Waals surface area contributed by atoms with Gasteiger partial charge in [-0.2, -0.15) is 4.98 Å². The van der Waals surface area contributed by atoms with Crippen molar-refractivity contribution < 1.29 is 9.63 Å². The van der Waals surface area contributed by atoms with Crippen molar-refractivity contribution in [2.75, 3.05) is 6.26 Å². The van der Waals surface area contributed by atoms with E-state index in [9.17, 15) is 5.11 Å². The fourth-order valence-electron chi connectivity index (χ4n) is 1.62. The molecule has 0 radical (unpaired) electrons. The Morgan fingerprint density at radius 3 is 2.67 bits per heavy atom. The van der Waals surface area contributed by atoms with E-state index in [-0.39, 0.29) is 0 Å². The summed E-state index contributed by atoms with van der Waals surface area (Å²) in [7, 11) is 0. The van der Waals surface area contributed by atoms with Gasteiger partial charge in [-0.3, -0.25) is 0 Å². The fraction of sp³-hybridized carbons (Fsp3) is 0.385. The monoisotopic (exact) mass is 264 g/mol. The van der Waals surface area contributed by atoms with E-state index in [1.54, 1.807) is 11.8 Å². The first kappa shape index (κ1) is 13.1. The molecule has 0 saturated heterocycles. The van der Waals surface area contributed by atoms with Gasteiger partial charge < -0.3 is 9.63 Å². The Bertz CT molecular complexity index is 496. The van der Waals surface area contributed by atoms with Crippen molar-refractivity contribution in [3.8, 4) is 11.5 Å². The Morgan fingerprint density at radius 1 is 1.33 bits per heavy atom. The summed E-state index contributed by atoms with van der Waals surface area (Å²) in [5.74, 6) is 0.814. The highest BCUT2D eigenvalue weighted by Crippen LogP contribution is 2.23. The van der Waals surface area contributed by atoms with Crippen molar-refractivity contribution in [1.82, 2.24) is 10.1 Å². The molecule has 1 N–H and O–H groups in total. The van der Waals surface area contributed by atoms with Crippen LogP contribution in [0.2, 0.25) is 0 Å². The molecule has 2 rings (SSSR count). The van der Waals surface area contributed by atoms with Crippen LogP contribution in [0.1, 0.15) is 31.7 Å². The second-order valence-electron chi connectivity index (χ2n) is 3.99. The SMILES string of the molecule is CCCC(O)c1noc(-c2ccc(SC)cc2)n1. The van der Waals surface area contributed by atoms with Gasteiger partial charge in [0.1, 0.15) is 6.10 Å². The van der Waals surface area contributed by atoms with Crippen LogP contribution in [-0.2, 0) is 0 Å². The number of aliphatic hydroxyl groups is 1. The van der Waals surface area contributed by atoms with Crippen LogP contribution in [0.25, 0.3) is 11.5 Å². The number of thioether (sulfide) groups is 1. The van der Waals surface area contributed by atoms with E-state index >= 15 is 0 Å². The van der Waals surface area contributed by atoms with Crippen molar-refractivity contribution in [1.29, 1.82) is 0 Å². The van der Waals surface area contributed by atoms with Crippen molar-refractivity contribution in [3.05, 3.63) is 30.1 Å². The average molecular weight is 264 g/mol. The Balaban J connectivity index is 2.18.